The Morgan fingerprint density at radius 1 is 1.47 bits per heavy atom. The molecule has 17 heavy (non-hydrogen) atoms. The molecule has 2 fully saturated rings. The molecule has 1 aromatic heterocycles. The van der Waals surface area contributed by atoms with Crippen molar-refractivity contribution < 1.29 is 4.79 Å². The predicted octanol–water partition coefficient (Wildman–Crippen LogP) is 1.45. The Morgan fingerprint density at radius 3 is 2.88 bits per heavy atom. The minimum Gasteiger partial charge on any atom is -0.369 e. The zero-order chi connectivity index (χ0) is 11.8. The van der Waals surface area contributed by atoms with Crippen molar-refractivity contribution >= 4 is 23.2 Å². The topological polar surface area (TPSA) is 45.2 Å². The van der Waals surface area contributed by atoms with E-state index in [1.165, 1.54) is 0 Å². The van der Waals surface area contributed by atoms with Gasteiger partial charge in [0, 0.05) is 31.5 Å². The van der Waals surface area contributed by atoms with Crippen LogP contribution in [0.1, 0.15) is 12.8 Å². The fraction of sp³-hybridized carbons (Fsp3) is 0.500. The fourth-order valence-electron chi connectivity index (χ4n) is 2.01. The molecule has 1 N–H and O–H groups in total. The zero-order valence-electron chi connectivity index (χ0n) is 9.40. The summed E-state index contributed by atoms with van der Waals surface area (Å²) >= 11 is 6.05. The highest BCUT2D eigenvalue weighted by atomic mass is 35.5. The first-order chi connectivity index (χ1) is 8.24. The normalized spacial score (nSPS) is 19.9. The van der Waals surface area contributed by atoms with Crippen LogP contribution in [-0.4, -0.2) is 30.0 Å². The van der Waals surface area contributed by atoms with Crippen LogP contribution in [0.5, 0.6) is 0 Å². The number of aromatic nitrogens is 1. The molecule has 1 amide bonds. The van der Waals surface area contributed by atoms with Gasteiger partial charge in [0.1, 0.15) is 0 Å². The number of anilines is 1. The summed E-state index contributed by atoms with van der Waals surface area (Å²) in [5, 5.41) is 3.68. The van der Waals surface area contributed by atoms with Crippen LogP contribution in [0.2, 0.25) is 5.02 Å². The number of carbonyl (C=O) groups is 1. The van der Waals surface area contributed by atoms with E-state index >= 15 is 0 Å². The number of hydrogen-bond donors (Lipinski definition) is 1. The third-order valence-electron chi connectivity index (χ3n) is 3.27. The summed E-state index contributed by atoms with van der Waals surface area (Å²) in [6.07, 6.45) is 5.63. The van der Waals surface area contributed by atoms with Gasteiger partial charge in [-0.25, -0.2) is 0 Å². The van der Waals surface area contributed by atoms with Crippen molar-refractivity contribution in [3.8, 4) is 0 Å². The molecular weight excluding hydrogens is 238 g/mol. The van der Waals surface area contributed by atoms with Gasteiger partial charge in [-0.2, -0.15) is 0 Å². The Hall–Kier alpha value is -1.29. The van der Waals surface area contributed by atoms with E-state index in [0.29, 0.717) is 11.1 Å². The van der Waals surface area contributed by atoms with Crippen LogP contribution in [0.15, 0.2) is 18.5 Å². The van der Waals surface area contributed by atoms with Gasteiger partial charge in [-0.05, 0) is 18.9 Å². The number of nitrogens with one attached hydrogen (secondary N) is 1. The molecule has 5 heteroatoms. The molecule has 90 valence electrons. The maximum absolute atomic E-state index is 11.8. The van der Waals surface area contributed by atoms with E-state index in [0.717, 1.165) is 31.6 Å². The molecule has 0 spiro atoms. The summed E-state index contributed by atoms with van der Waals surface area (Å²) in [6.45, 7) is 1.50. The lowest BCUT2D eigenvalue weighted by Crippen LogP contribution is -2.54. The zero-order valence-corrected chi connectivity index (χ0v) is 10.2. The van der Waals surface area contributed by atoms with Gasteiger partial charge in [0.2, 0.25) is 5.91 Å². The molecular formula is C12H14ClN3O. The van der Waals surface area contributed by atoms with Crippen LogP contribution in [0, 0.1) is 5.92 Å². The van der Waals surface area contributed by atoms with E-state index in [-0.39, 0.29) is 11.8 Å². The van der Waals surface area contributed by atoms with Crippen molar-refractivity contribution in [3.05, 3.63) is 23.5 Å². The lowest BCUT2D eigenvalue weighted by atomic mass is 9.98. The molecule has 1 saturated heterocycles. The second-order valence-electron chi connectivity index (χ2n) is 4.71. The molecule has 4 nitrogen and oxygen atoms in total. The summed E-state index contributed by atoms with van der Waals surface area (Å²) in [5.41, 5.74) is 0.970. The van der Waals surface area contributed by atoms with Crippen molar-refractivity contribution in [2.45, 2.75) is 18.9 Å². The number of hydrogen-bond acceptors (Lipinski definition) is 3. The number of rotatable bonds is 3. The minimum atomic E-state index is 0.111. The summed E-state index contributed by atoms with van der Waals surface area (Å²) in [7, 11) is 0. The smallest absolute Gasteiger partial charge is 0.226 e. The molecule has 1 saturated carbocycles. The van der Waals surface area contributed by atoms with Gasteiger partial charge in [-0.3, -0.25) is 9.78 Å². The third kappa shape index (κ3) is 2.22. The molecule has 0 radical (unpaired) electrons. The van der Waals surface area contributed by atoms with Gasteiger partial charge < -0.3 is 10.2 Å². The summed E-state index contributed by atoms with van der Waals surface area (Å²) in [4.78, 5) is 17.8. The highest BCUT2D eigenvalue weighted by Crippen LogP contribution is 2.31. The van der Waals surface area contributed by atoms with Crippen molar-refractivity contribution in [1.82, 2.24) is 10.3 Å². The van der Waals surface area contributed by atoms with Crippen molar-refractivity contribution in [2.75, 3.05) is 18.0 Å². The molecule has 1 aliphatic carbocycles. The Balaban J connectivity index is 1.57. The van der Waals surface area contributed by atoms with Crippen LogP contribution in [0.3, 0.4) is 0 Å². The molecule has 2 heterocycles. The van der Waals surface area contributed by atoms with Crippen molar-refractivity contribution in [1.29, 1.82) is 0 Å². The standard InChI is InChI=1S/C12H14ClN3O/c13-10-5-14-4-3-11(10)16-6-8(7-16)12(17)15-9-1-2-9/h3-5,8-9H,1-2,6-7H2,(H,15,17). The summed E-state index contributed by atoms with van der Waals surface area (Å²) < 4.78 is 0. The maximum atomic E-state index is 11.8. The predicted molar refractivity (Wildman–Crippen MR) is 66.1 cm³/mol. The molecule has 0 unspecified atom stereocenters. The molecule has 0 aromatic carbocycles. The summed E-state index contributed by atoms with van der Waals surface area (Å²) in [5.74, 6) is 0.300. The van der Waals surface area contributed by atoms with Crippen molar-refractivity contribution in [3.63, 3.8) is 0 Å². The average molecular weight is 252 g/mol. The highest BCUT2D eigenvalue weighted by Gasteiger charge is 2.36. The molecule has 2 aliphatic rings. The average Bonchev–Trinajstić information content (AvgIpc) is 3.02. The molecule has 1 aliphatic heterocycles. The van der Waals surface area contributed by atoms with Crippen LogP contribution in [-0.2, 0) is 4.79 Å². The quantitative estimate of drug-likeness (QED) is 0.885. The lowest BCUT2D eigenvalue weighted by Gasteiger charge is -2.40. The van der Waals surface area contributed by atoms with Gasteiger partial charge in [0.15, 0.2) is 0 Å². The molecule has 0 atom stereocenters. The van der Waals surface area contributed by atoms with Gasteiger partial charge in [0.25, 0.3) is 0 Å². The maximum Gasteiger partial charge on any atom is 0.226 e. The van der Waals surface area contributed by atoms with Crippen LogP contribution in [0.4, 0.5) is 5.69 Å². The Kier molecular flexibility index (Phi) is 2.67. The van der Waals surface area contributed by atoms with Crippen LogP contribution in [0.25, 0.3) is 0 Å². The number of halogens is 1. The monoisotopic (exact) mass is 251 g/mol. The number of pyridine rings is 1. The Bertz CT molecular complexity index is 441. The molecule has 0 bridgehead atoms. The molecule has 3 rings (SSSR count). The van der Waals surface area contributed by atoms with Crippen molar-refractivity contribution in [2.24, 2.45) is 5.92 Å². The van der Waals surface area contributed by atoms with E-state index < -0.39 is 0 Å². The van der Waals surface area contributed by atoms with Gasteiger partial charge in [-0.15, -0.1) is 0 Å². The first-order valence-electron chi connectivity index (χ1n) is 5.89. The highest BCUT2D eigenvalue weighted by molar-refractivity contribution is 6.33. The second-order valence-corrected chi connectivity index (χ2v) is 5.12. The Labute approximate surface area is 105 Å². The minimum absolute atomic E-state index is 0.111. The largest absolute Gasteiger partial charge is 0.369 e. The third-order valence-corrected chi connectivity index (χ3v) is 3.56. The van der Waals surface area contributed by atoms with E-state index in [2.05, 4.69) is 15.2 Å². The first-order valence-corrected chi connectivity index (χ1v) is 6.26. The lowest BCUT2D eigenvalue weighted by molar-refractivity contribution is -0.125. The van der Waals surface area contributed by atoms with Crippen LogP contribution >= 0.6 is 11.6 Å². The van der Waals surface area contributed by atoms with E-state index in [1.807, 2.05) is 6.07 Å². The van der Waals surface area contributed by atoms with Crippen LogP contribution < -0.4 is 10.2 Å². The second kappa shape index (κ2) is 4.18. The summed E-state index contributed by atoms with van der Waals surface area (Å²) in [6, 6.07) is 2.33. The van der Waals surface area contributed by atoms with E-state index in [4.69, 9.17) is 11.6 Å². The molecule has 1 aromatic rings. The number of carbonyl (C=O) groups excluding carboxylic acids is 1. The number of nitrogens with zero attached hydrogens (tertiary/aromatic N) is 2. The number of amides is 1. The first kappa shape index (κ1) is 10.8. The van der Waals surface area contributed by atoms with Gasteiger partial charge in [-0.1, -0.05) is 11.6 Å². The van der Waals surface area contributed by atoms with Gasteiger partial charge in [0.05, 0.1) is 16.6 Å². The SMILES string of the molecule is O=C(NC1CC1)C1CN(c2ccncc2Cl)C1. The van der Waals surface area contributed by atoms with Gasteiger partial charge >= 0.3 is 0 Å². The Morgan fingerprint density at radius 2 is 2.24 bits per heavy atom. The van der Waals surface area contributed by atoms with E-state index in [9.17, 15) is 4.79 Å². The fourth-order valence-corrected chi connectivity index (χ4v) is 2.25. The van der Waals surface area contributed by atoms with E-state index in [1.54, 1.807) is 12.4 Å².